The van der Waals surface area contributed by atoms with Gasteiger partial charge in [-0.3, -0.25) is 0 Å². The SMILES string of the molecule is C=COCCOCCOCCOCCOCCOCCOCCN(C)C(=O)OC(C)(C)C. The molecule has 0 N–H and O–H groups in total. The molecule has 0 saturated carbocycles. The Kier molecular flexibility index (Phi) is 20.5. The Morgan fingerprint density at radius 2 is 1.03 bits per heavy atom. The fraction of sp³-hybridized carbons (Fsp3) is 0.864. The van der Waals surface area contributed by atoms with Crippen LogP contribution in [0.2, 0.25) is 0 Å². The van der Waals surface area contributed by atoms with E-state index >= 15 is 0 Å². The molecule has 0 rings (SSSR count). The molecule has 0 aromatic heterocycles. The molecular weight excluding hydrogens is 422 g/mol. The third kappa shape index (κ3) is 23.2. The molecule has 0 heterocycles. The van der Waals surface area contributed by atoms with Crippen LogP contribution in [0, 0.1) is 0 Å². The molecule has 0 aromatic rings. The van der Waals surface area contributed by atoms with Gasteiger partial charge >= 0.3 is 6.09 Å². The number of likely N-dealkylation sites (N-methyl/N-ethyl adjacent to an activating group) is 1. The summed E-state index contributed by atoms with van der Waals surface area (Å²) in [7, 11) is 1.68. The quantitative estimate of drug-likeness (QED) is 0.176. The summed E-state index contributed by atoms with van der Waals surface area (Å²) in [4.78, 5) is 13.3. The summed E-state index contributed by atoms with van der Waals surface area (Å²) in [5.74, 6) is 0. The molecule has 10 heteroatoms. The summed E-state index contributed by atoms with van der Waals surface area (Å²) in [6.07, 6.45) is 1.03. The van der Waals surface area contributed by atoms with Crippen molar-refractivity contribution in [2.45, 2.75) is 26.4 Å². The second kappa shape index (κ2) is 21.4. The van der Waals surface area contributed by atoms with E-state index in [0.29, 0.717) is 92.4 Å². The summed E-state index contributed by atoms with van der Waals surface area (Å²) in [5.41, 5.74) is -0.500. The number of carbonyl (C=O) groups is 1. The van der Waals surface area contributed by atoms with E-state index in [9.17, 15) is 4.79 Å². The lowest BCUT2D eigenvalue weighted by Crippen LogP contribution is -2.36. The van der Waals surface area contributed by atoms with Crippen molar-refractivity contribution in [2.75, 3.05) is 99.5 Å². The summed E-state index contributed by atoms with van der Waals surface area (Å²) >= 11 is 0. The van der Waals surface area contributed by atoms with Crippen LogP contribution in [-0.4, -0.2) is 116 Å². The molecule has 0 aliphatic carbocycles. The second-order valence-electron chi connectivity index (χ2n) is 7.61. The Hall–Kier alpha value is -1.43. The molecule has 190 valence electrons. The van der Waals surface area contributed by atoms with Crippen LogP contribution >= 0.6 is 0 Å². The lowest BCUT2D eigenvalue weighted by atomic mass is 10.2. The van der Waals surface area contributed by atoms with Crippen molar-refractivity contribution in [2.24, 2.45) is 0 Å². The van der Waals surface area contributed by atoms with Gasteiger partial charge in [0.1, 0.15) is 12.2 Å². The third-order valence-corrected chi connectivity index (χ3v) is 3.60. The van der Waals surface area contributed by atoms with Gasteiger partial charge in [0, 0.05) is 13.6 Å². The van der Waals surface area contributed by atoms with Crippen LogP contribution in [0.3, 0.4) is 0 Å². The Labute approximate surface area is 193 Å². The van der Waals surface area contributed by atoms with Gasteiger partial charge in [-0.1, -0.05) is 6.58 Å². The van der Waals surface area contributed by atoms with Gasteiger partial charge in [0.05, 0.1) is 85.5 Å². The average Bonchev–Trinajstić information content (AvgIpc) is 2.73. The molecule has 0 aromatic carbocycles. The maximum Gasteiger partial charge on any atom is 0.410 e. The molecule has 0 bridgehead atoms. The Morgan fingerprint density at radius 1 is 0.688 bits per heavy atom. The molecule has 0 aliphatic heterocycles. The predicted molar refractivity (Wildman–Crippen MR) is 120 cm³/mol. The van der Waals surface area contributed by atoms with Crippen LogP contribution in [-0.2, 0) is 37.9 Å². The van der Waals surface area contributed by atoms with Gasteiger partial charge < -0.3 is 42.8 Å². The number of rotatable bonds is 22. The lowest BCUT2D eigenvalue weighted by Gasteiger charge is -2.24. The zero-order chi connectivity index (χ0) is 23.9. The highest BCUT2D eigenvalue weighted by Crippen LogP contribution is 2.08. The first-order chi connectivity index (χ1) is 15.4. The van der Waals surface area contributed by atoms with Crippen LogP contribution in [0.5, 0.6) is 0 Å². The molecular formula is C22H43NO9. The van der Waals surface area contributed by atoms with Crippen molar-refractivity contribution in [3.8, 4) is 0 Å². The highest BCUT2D eigenvalue weighted by Gasteiger charge is 2.19. The average molecular weight is 466 g/mol. The Bertz CT molecular complexity index is 444. The molecule has 10 nitrogen and oxygen atoms in total. The van der Waals surface area contributed by atoms with E-state index in [-0.39, 0.29) is 6.09 Å². The van der Waals surface area contributed by atoms with Gasteiger partial charge in [0.2, 0.25) is 0 Å². The Morgan fingerprint density at radius 3 is 1.38 bits per heavy atom. The first-order valence-electron chi connectivity index (χ1n) is 11.0. The first-order valence-corrected chi connectivity index (χ1v) is 11.0. The normalized spacial score (nSPS) is 11.4. The standard InChI is InChI=1S/C22H43NO9/c1-6-25-9-10-27-13-14-29-17-18-31-20-19-30-16-15-28-12-11-26-8-7-23(5)21(24)32-22(2,3)4/h6H,1,7-20H2,2-5H3. The van der Waals surface area contributed by atoms with Crippen LogP contribution < -0.4 is 0 Å². The minimum absolute atomic E-state index is 0.359. The molecule has 0 atom stereocenters. The van der Waals surface area contributed by atoms with Crippen molar-refractivity contribution >= 4 is 6.09 Å². The summed E-state index contributed by atoms with van der Waals surface area (Å²) in [5, 5.41) is 0. The van der Waals surface area contributed by atoms with Crippen LogP contribution in [0.1, 0.15) is 20.8 Å². The number of hydrogen-bond acceptors (Lipinski definition) is 9. The van der Waals surface area contributed by atoms with Crippen LogP contribution in [0.15, 0.2) is 12.8 Å². The number of amides is 1. The minimum atomic E-state index is -0.500. The molecule has 0 saturated heterocycles. The summed E-state index contributed by atoms with van der Waals surface area (Å²) in [6, 6.07) is 0. The second-order valence-corrected chi connectivity index (χ2v) is 7.61. The zero-order valence-corrected chi connectivity index (χ0v) is 20.3. The van der Waals surface area contributed by atoms with Crippen molar-refractivity contribution in [1.82, 2.24) is 4.90 Å². The van der Waals surface area contributed by atoms with E-state index in [0.717, 1.165) is 0 Å². The highest BCUT2D eigenvalue weighted by atomic mass is 16.6. The predicted octanol–water partition coefficient (Wildman–Crippen LogP) is 2.11. The fourth-order valence-electron chi connectivity index (χ4n) is 2.02. The minimum Gasteiger partial charge on any atom is -0.499 e. The van der Waals surface area contributed by atoms with E-state index in [1.165, 1.54) is 11.2 Å². The van der Waals surface area contributed by atoms with E-state index in [4.69, 9.17) is 37.9 Å². The van der Waals surface area contributed by atoms with E-state index < -0.39 is 5.60 Å². The molecule has 32 heavy (non-hydrogen) atoms. The number of ether oxygens (including phenoxy) is 8. The number of carbonyl (C=O) groups excluding carboxylic acids is 1. The topological polar surface area (TPSA) is 94.2 Å². The van der Waals surface area contributed by atoms with E-state index in [2.05, 4.69) is 6.58 Å². The van der Waals surface area contributed by atoms with Gasteiger partial charge in [0.15, 0.2) is 0 Å². The van der Waals surface area contributed by atoms with E-state index in [1.807, 2.05) is 20.8 Å². The molecule has 0 aliphatic rings. The summed E-state index contributed by atoms with van der Waals surface area (Å²) < 4.78 is 42.6. The lowest BCUT2D eigenvalue weighted by molar-refractivity contribution is -0.0193. The van der Waals surface area contributed by atoms with Gasteiger partial charge in [-0.2, -0.15) is 0 Å². The zero-order valence-electron chi connectivity index (χ0n) is 20.3. The van der Waals surface area contributed by atoms with Crippen LogP contribution in [0.4, 0.5) is 4.79 Å². The van der Waals surface area contributed by atoms with Gasteiger partial charge in [-0.15, -0.1) is 0 Å². The maximum atomic E-state index is 11.8. The van der Waals surface area contributed by atoms with Gasteiger partial charge in [-0.25, -0.2) is 4.79 Å². The third-order valence-electron chi connectivity index (χ3n) is 3.60. The molecule has 0 radical (unpaired) electrons. The number of nitrogens with zero attached hydrogens (tertiary/aromatic N) is 1. The van der Waals surface area contributed by atoms with Crippen molar-refractivity contribution in [1.29, 1.82) is 0 Å². The summed E-state index contributed by atoms with van der Waals surface area (Å²) in [6.45, 7) is 15.9. The van der Waals surface area contributed by atoms with Crippen LogP contribution in [0.25, 0.3) is 0 Å². The fourth-order valence-corrected chi connectivity index (χ4v) is 2.02. The van der Waals surface area contributed by atoms with Crippen molar-refractivity contribution < 1.29 is 42.7 Å². The molecule has 1 amide bonds. The highest BCUT2D eigenvalue weighted by molar-refractivity contribution is 5.67. The molecule has 0 unspecified atom stereocenters. The molecule has 0 spiro atoms. The monoisotopic (exact) mass is 465 g/mol. The van der Waals surface area contributed by atoms with Crippen molar-refractivity contribution in [3.63, 3.8) is 0 Å². The Balaban J connectivity index is 3.21. The van der Waals surface area contributed by atoms with Gasteiger partial charge in [0.25, 0.3) is 0 Å². The van der Waals surface area contributed by atoms with Gasteiger partial charge in [-0.05, 0) is 20.8 Å². The van der Waals surface area contributed by atoms with E-state index in [1.54, 1.807) is 7.05 Å². The maximum absolute atomic E-state index is 11.8. The molecule has 0 fully saturated rings. The largest absolute Gasteiger partial charge is 0.499 e. The first kappa shape index (κ1) is 30.6. The smallest absolute Gasteiger partial charge is 0.410 e. The van der Waals surface area contributed by atoms with Crippen molar-refractivity contribution in [3.05, 3.63) is 12.8 Å². The number of hydrogen-bond donors (Lipinski definition) is 0.